The number of rotatable bonds is 5. The zero-order valence-corrected chi connectivity index (χ0v) is 20.2. The van der Waals surface area contributed by atoms with Crippen LogP contribution in [0.3, 0.4) is 0 Å². The first-order valence-electron chi connectivity index (χ1n) is 12.5. The van der Waals surface area contributed by atoms with Crippen molar-refractivity contribution in [3.63, 3.8) is 0 Å². The smallest absolute Gasteiger partial charge is 0.259 e. The molecule has 178 valence electrons. The van der Waals surface area contributed by atoms with Crippen molar-refractivity contribution in [1.82, 2.24) is 14.5 Å². The number of carbonyl (C=O) groups excluding carboxylic acids is 2. The summed E-state index contributed by atoms with van der Waals surface area (Å²) in [7, 11) is 1.97. The molecule has 6 rings (SSSR count). The van der Waals surface area contributed by atoms with Gasteiger partial charge < -0.3 is 14.9 Å². The number of carbonyl (C=O) groups is 2. The highest BCUT2D eigenvalue weighted by molar-refractivity contribution is 6.51. The topological polar surface area (TPSA) is 82.0 Å². The first-order valence-corrected chi connectivity index (χ1v) is 12.5. The van der Waals surface area contributed by atoms with E-state index in [0.29, 0.717) is 17.1 Å². The van der Waals surface area contributed by atoms with Gasteiger partial charge >= 0.3 is 0 Å². The number of fused-ring (bicyclic) bond motifs is 4. The predicted octanol–water partition coefficient (Wildman–Crippen LogP) is 4.39. The van der Waals surface area contributed by atoms with Gasteiger partial charge in [-0.25, -0.2) is 0 Å². The van der Waals surface area contributed by atoms with E-state index in [1.807, 2.05) is 54.2 Å². The van der Waals surface area contributed by atoms with Crippen molar-refractivity contribution >= 4 is 44.8 Å². The lowest BCUT2D eigenvalue weighted by Gasteiger charge is -2.30. The van der Waals surface area contributed by atoms with Crippen LogP contribution in [0, 0.1) is 5.92 Å². The minimum Gasteiger partial charge on any atom is -0.350 e. The summed E-state index contributed by atoms with van der Waals surface area (Å²) in [5, 5.41) is 4.59. The van der Waals surface area contributed by atoms with E-state index in [4.69, 9.17) is 5.73 Å². The summed E-state index contributed by atoms with van der Waals surface area (Å²) in [6.45, 7) is 3.03. The largest absolute Gasteiger partial charge is 0.350 e. The Morgan fingerprint density at radius 2 is 1.69 bits per heavy atom. The van der Waals surface area contributed by atoms with Gasteiger partial charge in [-0.05, 0) is 37.3 Å². The van der Waals surface area contributed by atoms with Crippen LogP contribution in [0.5, 0.6) is 0 Å². The molecule has 0 saturated carbocycles. The molecule has 0 fully saturated rings. The highest BCUT2D eigenvalue weighted by Gasteiger charge is 2.38. The van der Waals surface area contributed by atoms with E-state index < -0.39 is 0 Å². The maximum absolute atomic E-state index is 13.4. The van der Waals surface area contributed by atoms with Crippen molar-refractivity contribution in [1.29, 1.82) is 0 Å². The molecule has 6 nitrogen and oxygen atoms in total. The monoisotopic (exact) mass is 466 g/mol. The predicted molar refractivity (Wildman–Crippen MR) is 140 cm³/mol. The molecule has 4 heterocycles. The number of aromatic nitrogens is 2. The third kappa shape index (κ3) is 3.27. The quantitative estimate of drug-likeness (QED) is 0.428. The van der Waals surface area contributed by atoms with Crippen LogP contribution in [0.2, 0.25) is 0 Å². The fourth-order valence-electron chi connectivity index (χ4n) is 6.17. The van der Waals surface area contributed by atoms with Crippen molar-refractivity contribution in [3.8, 4) is 0 Å². The number of amides is 2. The van der Waals surface area contributed by atoms with Crippen LogP contribution < -0.4 is 11.1 Å². The Kier molecular flexibility index (Phi) is 5.15. The third-order valence-electron chi connectivity index (χ3n) is 7.83. The Bertz CT molecular complexity index is 1540. The molecule has 6 heteroatoms. The number of nitrogens with one attached hydrogen (secondary N) is 1. The fourth-order valence-corrected chi connectivity index (χ4v) is 6.17. The van der Waals surface area contributed by atoms with Gasteiger partial charge in [0.1, 0.15) is 0 Å². The molecule has 0 spiro atoms. The van der Waals surface area contributed by atoms with Gasteiger partial charge in [-0.3, -0.25) is 14.9 Å². The summed E-state index contributed by atoms with van der Waals surface area (Å²) in [5.74, 6) is -0.301. The summed E-state index contributed by atoms with van der Waals surface area (Å²) in [5.41, 5.74) is 12.5. The van der Waals surface area contributed by atoms with Crippen molar-refractivity contribution in [2.45, 2.75) is 45.2 Å². The van der Waals surface area contributed by atoms with Crippen molar-refractivity contribution in [3.05, 3.63) is 71.5 Å². The highest BCUT2D eigenvalue weighted by Crippen LogP contribution is 2.43. The molecule has 2 aliphatic rings. The van der Waals surface area contributed by atoms with E-state index >= 15 is 0 Å². The Labute approximate surface area is 204 Å². The number of benzene rings is 2. The second-order valence-corrected chi connectivity index (χ2v) is 9.90. The van der Waals surface area contributed by atoms with E-state index in [9.17, 15) is 9.59 Å². The number of hydrogen-bond acceptors (Lipinski definition) is 3. The molecule has 1 unspecified atom stereocenters. The van der Waals surface area contributed by atoms with Crippen LogP contribution in [0.1, 0.15) is 43.0 Å². The van der Waals surface area contributed by atoms with Gasteiger partial charge in [0.2, 0.25) is 0 Å². The third-order valence-corrected chi connectivity index (χ3v) is 7.83. The number of nitrogens with two attached hydrogens (primary N) is 1. The number of nitrogens with zero attached hydrogens (tertiary/aromatic N) is 2. The van der Waals surface area contributed by atoms with Gasteiger partial charge in [-0.1, -0.05) is 49.7 Å². The average Bonchev–Trinajstić information content (AvgIpc) is 3.47. The molecule has 2 aliphatic heterocycles. The van der Waals surface area contributed by atoms with Gasteiger partial charge in [0.25, 0.3) is 11.8 Å². The Morgan fingerprint density at radius 1 is 1.00 bits per heavy atom. The Balaban J connectivity index is 1.63. The van der Waals surface area contributed by atoms with E-state index in [1.165, 1.54) is 0 Å². The molecular formula is C29H30N4O2. The average molecular weight is 467 g/mol. The van der Waals surface area contributed by atoms with Gasteiger partial charge in [0.05, 0.1) is 11.1 Å². The second-order valence-electron chi connectivity index (χ2n) is 9.90. The molecule has 0 bridgehead atoms. The fraction of sp³-hybridized carbons (Fsp3) is 0.310. The van der Waals surface area contributed by atoms with E-state index in [1.54, 1.807) is 0 Å². The minimum absolute atomic E-state index is 0.130. The SMILES string of the molecule is CCCC(N)[C@H]1CCn2c(c(C3=C(c4cn(C)c5ccccc45)C(=O)NC3=O)c3ccccc32)C1. The lowest BCUT2D eigenvalue weighted by Crippen LogP contribution is -2.35. The first-order chi connectivity index (χ1) is 17.0. The highest BCUT2D eigenvalue weighted by atomic mass is 16.2. The molecule has 2 atom stereocenters. The van der Waals surface area contributed by atoms with Crippen molar-refractivity contribution < 1.29 is 9.59 Å². The maximum Gasteiger partial charge on any atom is 0.259 e. The van der Waals surface area contributed by atoms with Crippen LogP contribution in [0.4, 0.5) is 0 Å². The summed E-state index contributed by atoms with van der Waals surface area (Å²) >= 11 is 0. The number of para-hydroxylation sites is 2. The number of imide groups is 1. The summed E-state index contributed by atoms with van der Waals surface area (Å²) in [6.07, 6.45) is 5.83. The maximum atomic E-state index is 13.4. The van der Waals surface area contributed by atoms with Crippen LogP contribution in [-0.4, -0.2) is 27.0 Å². The van der Waals surface area contributed by atoms with Crippen LogP contribution in [-0.2, 0) is 29.6 Å². The summed E-state index contributed by atoms with van der Waals surface area (Å²) in [4.78, 5) is 26.7. The van der Waals surface area contributed by atoms with Crippen molar-refractivity contribution in [2.75, 3.05) is 0 Å². The molecule has 2 amide bonds. The molecule has 0 radical (unpaired) electrons. The number of aryl methyl sites for hydroxylation is 2. The molecule has 2 aromatic carbocycles. The first kappa shape index (κ1) is 21.9. The van der Waals surface area contributed by atoms with Gasteiger partial charge in [0.15, 0.2) is 0 Å². The van der Waals surface area contributed by atoms with E-state index in [0.717, 1.165) is 70.9 Å². The normalized spacial score (nSPS) is 19.0. The number of hydrogen-bond donors (Lipinski definition) is 2. The molecule has 0 aliphatic carbocycles. The zero-order valence-electron chi connectivity index (χ0n) is 20.2. The van der Waals surface area contributed by atoms with E-state index in [2.05, 4.69) is 28.9 Å². The lowest BCUT2D eigenvalue weighted by molar-refractivity contribution is -0.122. The van der Waals surface area contributed by atoms with Crippen molar-refractivity contribution in [2.24, 2.45) is 18.7 Å². The van der Waals surface area contributed by atoms with Crippen LogP contribution in [0.15, 0.2) is 54.7 Å². The molecule has 35 heavy (non-hydrogen) atoms. The van der Waals surface area contributed by atoms with Crippen LogP contribution >= 0.6 is 0 Å². The molecule has 3 N–H and O–H groups in total. The second kappa shape index (κ2) is 8.24. The summed E-state index contributed by atoms with van der Waals surface area (Å²) < 4.78 is 4.35. The van der Waals surface area contributed by atoms with Gasteiger partial charge in [-0.15, -0.1) is 0 Å². The summed E-state index contributed by atoms with van der Waals surface area (Å²) in [6, 6.07) is 16.3. The van der Waals surface area contributed by atoms with Crippen LogP contribution in [0.25, 0.3) is 33.0 Å². The molecule has 0 saturated heterocycles. The molecule has 2 aromatic heterocycles. The Hall–Kier alpha value is -3.64. The lowest BCUT2D eigenvalue weighted by atomic mass is 9.84. The standard InChI is InChI=1S/C29H30N4O2/c1-3-8-21(30)17-13-14-33-23-12-7-5-10-19(23)25(24(33)15-17)27-26(28(34)31-29(27)35)20-16-32(2)22-11-6-4-9-18(20)22/h4-7,9-12,16-17,21H,3,8,13-15,30H2,1-2H3,(H,31,34,35)/t17-,21?/m0/s1. The van der Waals surface area contributed by atoms with E-state index in [-0.39, 0.29) is 17.9 Å². The van der Waals surface area contributed by atoms with Gasteiger partial charge in [0, 0.05) is 64.5 Å². The molecular weight excluding hydrogens is 436 g/mol. The zero-order chi connectivity index (χ0) is 24.3. The molecule has 4 aromatic rings. The minimum atomic E-state index is -0.333. The van der Waals surface area contributed by atoms with Gasteiger partial charge in [-0.2, -0.15) is 0 Å². The Morgan fingerprint density at radius 3 is 2.46 bits per heavy atom.